The summed E-state index contributed by atoms with van der Waals surface area (Å²) in [5.74, 6) is 0. The number of hydrogen-bond acceptors (Lipinski definition) is 4. The molecule has 0 atom stereocenters. The topological polar surface area (TPSA) is 41.1 Å². The van der Waals surface area contributed by atoms with Gasteiger partial charge in [-0.15, -0.1) is 0 Å². The van der Waals surface area contributed by atoms with Gasteiger partial charge in [0.2, 0.25) is 0 Å². The molecule has 1 N–H and O–H groups in total. The van der Waals surface area contributed by atoms with Crippen LogP contribution >= 0.6 is 0 Å². The molecule has 0 unspecified atom stereocenters. The maximum Gasteiger partial charge on any atom is 0.0634 e. The minimum absolute atomic E-state index is 0.972. The van der Waals surface area contributed by atoms with Crippen LogP contribution in [0, 0.1) is 6.92 Å². The Morgan fingerprint density at radius 3 is 2.59 bits per heavy atom. The van der Waals surface area contributed by atoms with Crippen LogP contribution in [0.15, 0.2) is 24.5 Å². The van der Waals surface area contributed by atoms with Crippen molar-refractivity contribution < 1.29 is 0 Å². The van der Waals surface area contributed by atoms with Crippen LogP contribution in [-0.4, -0.2) is 30.1 Å². The largest absolute Gasteiger partial charge is 0.387 e. The SMILES string of the molecule is CCc1ncc(-c2cc(NC)cnc2C)cc1N1CCCC1. The van der Waals surface area contributed by atoms with Gasteiger partial charge in [-0.3, -0.25) is 9.97 Å². The van der Waals surface area contributed by atoms with Crippen molar-refractivity contribution in [1.29, 1.82) is 0 Å². The molecule has 4 nitrogen and oxygen atoms in total. The molecule has 3 rings (SSSR count). The Hall–Kier alpha value is -2.10. The van der Waals surface area contributed by atoms with E-state index in [4.69, 9.17) is 4.98 Å². The summed E-state index contributed by atoms with van der Waals surface area (Å²) in [6, 6.07) is 4.44. The van der Waals surface area contributed by atoms with Crippen LogP contribution in [0.2, 0.25) is 0 Å². The molecule has 1 aliphatic heterocycles. The molecule has 0 aromatic carbocycles. The second kappa shape index (κ2) is 6.34. The fourth-order valence-electron chi connectivity index (χ4n) is 3.10. The zero-order valence-corrected chi connectivity index (χ0v) is 13.7. The minimum Gasteiger partial charge on any atom is -0.387 e. The second-order valence-electron chi connectivity index (χ2n) is 5.84. The lowest BCUT2D eigenvalue weighted by atomic mass is 10.0. The van der Waals surface area contributed by atoms with Gasteiger partial charge in [0.25, 0.3) is 0 Å². The molecule has 116 valence electrons. The molecule has 3 heterocycles. The van der Waals surface area contributed by atoms with E-state index in [-0.39, 0.29) is 0 Å². The molecule has 0 amide bonds. The third kappa shape index (κ3) is 2.78. The Morgan fingerprint density at radius 2 is 1.91 bits per heavy atom. The highest BCUT2D eigenvalue weighted by molar-refractivity contribution is 5.73. The summed E-state index contributed by atoms with van der Waals surface area (Å²) in [7, 11) is 1.92. The standard InChI is InChI=1S/C18H24N4/c1-4-17-18(22-7-5-6-8-22)9-14(11-21-17)16-10-15(19-3)12-20-13(16)2/h9-12,19H,4-8H2,1-3H3. The summed E-state index contributed by atoms with van der Waals surface area (Å²) in [5.41, 5.74) is 6.87. The van der Waals surface area contributed by atoms with Crippen LogP contribution in [0.3, 0.4) is 0 Å². The molecule has 1 saturated heterocycles. The lowest BCUT2D eigenvalue weighted by Gasteiger charge is -2.21. The molecule has 0 bridgehead atoms. The Bertz CT molecular complexity index is 660. The van der Waals surface area contributed by atoms with Crippen LogP contribution < -0.4 is 10.2 Å². The molecule has 0 saturated carbocycles. The first-order valence-electron chi connectivity index (χ1n) is 8.11. The van der Waals surface area contributed by atoms with Gasteiger partial charge in [0.15, 0.2) is 0 Å². The van der Waals surface area contributed by atoms with E-state index >= 15 is 0 Å². The third-order valence-electron chi connectivity index (χ3n) is 4.42. The molecule has 1 fully saturated rings. The molecule has 0 aliphatic carbocycles. The summed E-state index contributed by atoms with van der Waals surface area (Å²) in [6.45, 7) is 6.52. The predicted octanol–water partition coefficient (Wildman–Crippen LogP) is 3.66. The van der Waals surface area contributed by atoms with E-state index in [2.05, 4.69) is 41.2 Å². The van der Waals surface area contributed by atoms with Crippen LogP contribution in [-0.2, 0) is 6.42 Å². The van der Waals surface area contributed by atoms with Crippen molar-refractivity contribution >= 4 is 11.4 Å². The normalized spacial score (nSPS) is 14.4. The van der Waals surface area contributed by atoms with Gasteiger partial charge in [0, 0.05) is 43.2 Å². The lowest BCUT2D eigenvalue weighted by Crippen LogP contribution is -2.19. The van der Waals surface area contributed by atoms with Crippen molar-refractivity contribution in [3.05, 3.63) is 35.9 Å². The number of aromatic nitrogens is 2. The van der Waals surface area contributed by atoms with E-state index in [0.717, 1.165) is 42.0 Å². The molecule has 2 aromatic heterocycles. The predicted molar refractivity (Wildman–Crippen MR) is 92.6 cm³/mol. The first kappa shape index (κ1) is 14.8. The Kier molecular flexibility index (Phi) is 4.27. The van der Waals surface area contributed by atoms with Crippen LogP contribution in [0.25, 0.3) is 11.1 Å². The van der Waals surface area contributed by atoms with Gasteiger partial charge in [-0.05, 0) is 38.3 Å². The number of anilines is 2. The van der Waals surface area contributed by atoms with Gasteiger partial charge < -0.3 is 10.2 Å². The van der Waals surface area contributed by atoms with E-state index < -0.39 is 0 Å². The molecular weight excluding hydrogens is 272 g/mol. The summed E-state index contributed by atoms with van der Waals surface area (Å²) in [5, 5.41) is 3.16. The number of pyridine rings is 2. The Morgan fingerprint density at radius 1 is 1.14 bits per heavy atom. The van der Waals surface area contributed by atoms with Gasteiger partial charge in [-0.25, -0.2) is 0 Å². The Balaban J connectivity index is 2.06. The average molecular weight is 296 g/mol. The van der Waals surface area contributed by atoms with Crippen molar-refractivity contribution in [1.82, 2.24) is 9.97 Å². The van der Waals surface area contributed by atoms with Crippen LogP contribution in [0.1, 0.15) is 31.2 Å². The van der Waals surface area contributed by atoms with E-state index in [9.17, 15) is 0 Å². The van der Waals surface area contributed by atoms with Crippen LogP contribution in [0.5, 0.6) is 0 Å². The van der Waals surface area contributed by atoms with Crippen molar-refractivity contribution in [3.8, 4) is 11.1 Å². The summed E-state index contributed by atoms with van der Waals surface area (Å²) in [6.07, 6.45) is 7.39. The molecule has 2 aromatic rings. The summed E-state index contributed by atoms with van der Waals surface area (Å²) < 4.78 is 0. The van der Waals surface area contributed by atoms with Gasteiger partial charge >= 0.3 is 0 Å². The molecule has 0 radical (unpaired) electrons. The first-order valence-corrected chi connectivity index (χ1v) is 8.11. The number of hydrogen-bond donors (Lipinski definition) is 1. The van der Waals surface area contributed by atoms with Crippen molar-refractivity contribution in [2.24, 2.45) is 0 Å². The van der Waals surface area contributed by atoms with Crippen LogP contribution in [0.4, 0.5) is 11.4 Å². The second-order valence-corrected chi connectivity index (χ2v) is 5.84. The van der Waals surface area contributed by atoms with E-state index in [0.29, 0.717) is 0 Å². The van der Waals surface area contributed by atoms with Gasteiger partial charge in [0.05, 0.1) is 23.3 Å². The van der Waals surface area contributed by atoms with E-state index in [1.807, 2.05) is 19.4 Å². The van der Waals surface area contributed by atoms with Crippen molar-refractivity contribution in [2.75, 3.05) is 30.4 Å². The molecule has 22 heavy (non-hydrogen) atoms. The number of nitrogens with zero attached hydrogens (tertiary/aromatic N) is 3. The maximum atomic E-state index is 4.72. The molecule has 1 aliphatic rings. The lowest BCUT2D eigenvalue weighted by molar-refractivity contribution is 0.923. The van der Waals surface area contributed by atoms with Crippen molar-refractivity contribution in [3.63, 3.8) is 0 Å². The monoisotopic (exact) mass is 296 g/mol. The highest BCUT2D eigenvalue weighted by atomic mass is 15.2. The fraction of sp³-hybridized carbons (Fsp3) is 0.444. The highest BCUT2D eigenvalue weighted by Crippen LogP contribution is 2.31. The molecule has 4 heteroatoms. The summed E-state index contributed by atoms with van der Waals surface area (Å²) >= 11 is 0. The van der Waals surface area contributed by atoms with Gasteiger partial charge in [-0.2, -0.15) is 0 Å². The average Bonchev–Trinajstić information content (AvgIpc) is 3.09. The fourth-order valence-corrected chi connectivity index (χ4v) is 3.10. The number of rotatable bonds is 4. The number of nitrogens with one attached hydrogen (secondary N) is 1. The van der Waals surface area contributed by atoms with Gasteiger partial charge in [0.1, 0.15) is 0 Å². The maximum absolute atomic E-state index is 4.72. The smallest absolute Gasteiger partial charge is 0.0634 e. The first-order chi connectivity index (χ1) is 10.7. The highest BCUT2D eigenvalue weighted by Gasteiger charge is 2.17. The zero-order valence-electron chi connectivity index (χ0n) is 13.7. The van der Waals surface area contributed by atoms with Crippen molar-refractivity contribution in [2.45, 2.75) is 33.1 Å². The number of aryl methyl sites for hydroxylation is 2. The van der Waals surface area contributed by atoms with E-state index in [1.165, 1.54) is 24.2 Å². The Labute approximate surface area is 132 Å². The van der Waals surface area contributed by atoms with Gasteiger partial charge in [-0.1, -0.05) is 6.92 Å². The minimum atomic E-state index is 0.972. The molecule has 0 spiro atoms. The molecular formula is C18H24N4. The summed E-state index contributed by atoms with van der Waals surface area (Å²) in [4.78, 5) is 11.7. The zero-order chi connectivity index (χ0) is 15.5. The third-order valence-corrected chi connectivity index (χ3v) is 4.42. The van der Waals surface area contributed by atoms with E-state index in [1.54, 1.807) is 0 Å². The quantitative estimate of drug-likeness (QED) is 0.935.